The Labute approximate surface area is 141 Å². The highest BCUT2D eigenvalue weighted by Crippen LogP contribution is 2.28. The van der Waals surface area contributed by atoms with Gasteiger partial charge >= 0.3 is 0 Å². The van der Waals surface area contributed by atoms with Crippen LogP contribution in [0.15, 0.2) is 12.4 Å². The topological polar surface area (TPSA) is 70.2 Å². The molecule has 23 heavy (non-hydrogen) atoms. The van der Waals surface area contributed by atoms with Crippen molar-refractivity contribution in [2.24, 2.45) is 0 Å². The maximum absolute atomic E-state index is 11.9. The fourth-order valence-corrected chi connectivity index (χ4v) is 3.28. The van der Waals surface area contributed by atoms with Gasteiger partial charge in [-0.15, -0.1) is 11.3 Å². The molecule has 0 unspecified atom stereocenters. The van der Waals surface area contributed by atoms with Crippen LogP contribution in [0.25, 0.3) is 10.2 Å². The van der Waals surface area contributed by atoms with Crippen molar-refractivity contribution in [2.75, 3.05) is 38.0 Å². The third-order valence-electron chi connectivity index (χ3n) is 3.79. The van der Waals surface area contributed by atoms with Crippen LogP contribution < -0.4 is 10.6 Å². The number of carbonyl (C=O) groups excluding carboxylic acids is 1. The van der Waals surface area contributed by atoms with Crippen LogP contribution in [0.1, 0.15) is 25.6 Å². The van der Waals surface area contributed by atoms with Gasteiger partial charge in [-0.3, -0.25) is 4.79 Å². The minimum absolute atomic E-state index is 0.0186. The molecule has 2 aromatic heterocycles. The fourth-order valence-electron chi connectivity index (χ4n) is 2.34. The van der Waals surface area contributed by atoms with Gasteiger partial charge in [0.25, 0.3) is 0 Å². The molecule has 0 aromatic carbocycles. The van der Waals surface area contributed by atoms with Crippen LogP contribution in [0.5, 0.6) is 0 Å². The molecule has 0 aliphatic heterocycles. The zero-order valence-corrected chi connectivity index (χ0v) is 14.9. The quantitative estimate of drug-likeness (QED) is 0.734. The Hall–Kier alpha value is -1.73. The molecule has 0 bridgehead atoms. The number of nitrogens with zero attached hydrogens (tertiary/aromatic N) is 3. The van der Waals surface area contributed by atoms with Gasteiger partial charge in [0.15, 0.2) is 0 Å². The Bertz CT molecular complexity index is 638. The zero-order chi connectivity index (χ0) is 16.7. The smallest absolute Gasteiger partial charge is 0.239 e. The van der Waals surface area contributed by atoms with Crippen LogP contribution in [0.2, 0.25) is 0 Å². The van der Waals surface area contributed by atoms with Gasteiger partial charge in [0.2, 0.25) is 5.91 Å². The molecule has 0 spiro atoms. The highest BCUT2D eigenvalue weighted by molar-refractivity contribution is 7.18. The van der Waals surface area contributed by atoms with Crippen LogP contribution in [0, 0.1) is 0 Å². The number of thiophene rings is 1. The number of rotatable bonds is 9. The summed E-state index contributed by atoms with van der Waals surface area (Å²) in [6, 6.07) is 2.10. The number of anilines is 1. The summed E-state index contributed by atoms with van der Waals surface area (Å²) in [5.41, 5.74) is 0. The van der Waals surface area contributed by atoms with E-state index in [1.165, 1.54) is 4.88 Å². The fraction of sp³-hybridized carbons (Fsp3) is 0.562. The SMILES string of the molecule is CCc1cc2c(NCC(=O)NCCN(CC)CC)ncnc2s1. The maximum atomic E-state index is 11.9. The Morgan fingerprint density at radius 1 is 1.26 bits per heavy atom. The van der Waals surface area contributed by atoms with Gasteiger partial charge in [-0.05, 0) is 25.6 Å². The normalized spacial score (nSPS) is 11.1. The van der Waals surface area contributed by atoms with E-state index in [0.717, 1.165) is 42.1 Å². The Kier molecular flexibility index (Phi) is 6.73. The number of fused-ring (bicyclic) bond motifs is 1. The average molecular weight is 335 g/mol. The first-order valence-corrected chi connectivity index (χ1v) is 8.95. The van der Waals surface area contributed by atoms with Crippen molar-refractivity contribution in [2.45, 2.75) is 27.2 Å². The Balaban J connectivity index is 1.86. The lowest BCUT2D eigenvalue weighted by Crippen LogP contribution is -2.37. The number of amides is 1. The molecule has 0 aliphatic carbocycles. The molecular weight excluding hydrogens is 310 g/mol. The summed E-state index contributed by atoms with van der Waals surface area (Å²) in [5, 5.41) is 7.04. The predicted octanol–water partition coefficient (Wildman–Crippen LogP) is 2.12. The Morgan fingerprint density at radius 2 is 2.04 bits per heavy atom. The van der Waals surface area contributed by atoms with Crippen LogP contribution >= 0.6 is 11.3 Å². The number of aryl methyl sites for hydroxylation is 1. The minimum Gasteiger partial charge on any atom is -0.360 e. The summed E-state index contributed by atoms with van der Waals surface area (Å²) in [7, 11) is 0. The summed E-state index contributed by atoms with van der Waals surface area (Å²) < 4.78 is 0. The number of nitrogens with one attached hydrogen (secondary N) is 2. The highest BCUT2D eigenvalue weighted by atomic mass is 32.1. The van der Waals surface area contributed by atoms with Crippen LogP contribution in [-0.2, 0) is 11.2 Å². The van der Waals surface area contributed by atoms with Crippen molar-refractivity contribution >= 4 is 33.3 Å². The van der Waals surface area contributed by atoms with Crippen LogP contribution in [0.3, 0.4) is 0 Å². The van der Waals surface area contributed by atoms with Crippen molar-refractivity contribution < 1.29 is 4.79 Å². The summed E-state index contributed by atoms with van der Waals surface area (Å²) in [4.78, 5) is 25.0. The number of hydrogen-bond donors (Lipinski definition) is 2. The lowest BCUT2D eigenvalue weighted by atomic mass is 10.3. The van der Waals surface area contributed by atoms with Crippen molar-refractivity contribution in [3.8, 4) is 0 Å². The van der Waals surface area contributed by atoms with Gasteiger partial charge in [-0.2, -0.15) is 0 Å². The standard InChI is InChI=1S/C16H25N5OS/c1-4-12-9-13-15(19-11-20-16(13)23-12)18-10-14(22)17-7-8-21(5-2)6-3/h9,11H,4-8,10H2,1-3H3,(H,17,22)(H,18,19,20). The van der Waals surface area contributed by atoms with Crippen molar-refractivity contribution in [3.63, 3.8) is 0 Å². The van der Waals surface area contributed by atoms with E-state index in [2.05, 4.69) is 52.3 Å². The van der Waals surface area contributed by atoms with Gasteiger partial charge in [0, 0.05) is 18.0 Å². The molecule has 0 fully saturated rings. The zero-order valence-electron chi connectivity index (χ0n) is 14.1. The number of hydrogen-bond acceptors (Lipinski definition) is 6. The van der Waals surface area contributed by atoms with Gasteiger partial charge in [0.05, 0.1) is 11.9 Å². The van der Waals surface area contributed by atoms with E-state index in [0.29, 0.717) is 6.54 Å². The van der Waals surface area contributed by atoms with Crippen molar-refractivity contribution in [1.29, 1.82) is 0 Å². The molecule has 0 saturated heterocycles. The molecule has 0 saturated carbocycles. The second-order valence-corrected chi connectivity index (χ2v) is 6.35. The molecule has 0 aliphatic rings. The second-order valence-electron chi connectivity index (χ2n) is 5.24. The molecule has 6 nitrogen and oxygen atoms in total. The first-order valence-electron chi connectivity index (χ1n) is 8.14. The minimum atomic E-state index is -0.0186. The maximum Gasteiger partial charge on any atom is 0.239 e. The summed E-state index contributed by atoms with van der Waals surface area (Å²) >= 11 is 1.67. The van der Waals surface area contributed by atoms with Gasteiger partial charge in [0.1, 0.15) is 17.0 Å². The van der Waals surface area contributed by atoms with Crippen LogP contribution in [0.4, 0.5) is 5.82 Å². The van der Waals surface area contributed by atoms with E-state index in [1.54, 1.807) is 17.7 Å². The van der Waals surface area contributed by atoms with E-state index in [4.69, 9.17) is 0 Å². The molecule has 0 radical (unpaired) electrons. The first kappa shape index (κ1) is 17.6. The number of aromatic nitrogens is 2. The van der Waals surface area contributed by atoms with Gasteiger partial charge in [-0.1, -0.05) is 20.8 Å². The molecule has 2 heterocycles. The lowest BCUT2D eigenvalue weighted by molar-refractivity contribution is -0.119. The predicted molar refractivity (Wildman–Crippen MR) is 96.1 cm³/mol. The first-order chi connectivity index (χ1) is 11.2. The third kappa shape index (κ3) is 4.87. The molecule has 7 heteroatoms. The average Bonchev–Trinajstić information content (AvgIpc) is 3.00. The molecule has 1 amide bonds. The molecule has 2 rings (SSSR count). The van der Waals surface area contributed by atoms with E-state index in [-0.39, 0.29) is 12.5 Å². The third-order valence-corrected chi connectivity index (χ3v) is 4.98. The Morgan fingerprint density at radius 3 is 2.74 bits per heavy atom. The number of likely N-dealkylation sites (N-methyl/N-ethyl adjacent to an activating group) is 1. The van der Waals surface area contributed by atoms with Crippen molar-refractivity contribution in [1.82, 2.24) is 20.2 Å². The molecule has 2 N–H and O–H groups in total. The highest BCUT2D eigenvalue weighted by Gasteiger charge is 2.09. The summed E-state index contributed by atoms with van der Waals surface area (Å²) in [6.07, 6.45) is 2.52. The van der Waals surface area contributed by atoms with E-state index in [9.17, 15) is 4.79 Å². The van der Waals surface area contributed by atoms with Crippen molar-refractivity contribution in [3.05, 3.63) is 17.3 Å². The van der Waals surface area contributed by atoms with Gasteiger partial charge in [-0.25, -0.2) is 9.97 Å². The van der Waals surface area contributed by atoms with E-state index in [1.807, 2.05) is 0 Å². The monoisotopic (exact) mass is 335 g/mol. The molecular formula is C16H25N5OS. The molecule has 2 aromatic rings. The van der Waals surface area contributed by atoms with E-state index < -0.39 is 0 Å². The second kappa shape index (κ2) is 8.79. The molecule has 126 valence electrons. The lowest BCUT2D eigenvalue weighted by Gasteiger charge is -2.18. The van der Waals surface area contributed by atoms with E-state index >= 15 is 0 Å². The largest absolute Gasteiger partial charge is 0.360 e. The van der Waals surface area contributed by atoms with Crippen LogP contribution in [-0.4, -0.2) is 53.5 Å². The summed E-state index contributed by atoms with van der Waals surface area (Å²) in [5.74, 6) is 0.708. The molecule has 0 atom stereocenters. The number of carbonyl (C=O) groups is 1. The summed E-state index contributed by atoms with van der Waals surface area (Å²) in [6.45, 7) is 10.1. The van der Waals surface area contributed by atoms with Gasteiger partial charge < -0.3 is 15.5 Å².